The van der Waals surface area contributed by atoms with Gasteiger partial charge in [-0.05, 0) is 69.1 Å². The molecule has 2 saturated heterocycles. The number of benzene rings is 2. The number of carbonyl (C=O) groups excluding carboxylic acids is 2. The number of aliphatic hydroxyl groups is 1. The summed E-state index contributed by atoms with van der Waals surface area (Å²) in [4.78, 5) is 39.6. The maximum Gasteiger partial charge on any atom is 0.433 e. The highest BCUT2D eigenvalue weighted by atomic mass is 19.4. The third kappa shape index (κ3) is 8.78. The van der Waals surface area contributed by atoms with E-state index in [9.17, 15) is 41.0 Å². The van der Waals surface area contributed by atoms with Gasteiger partial charge in [-0.25, -0.2) is 19.4 Å². The van der Waals surface area contributed by atoms with Gasteiger partial charge in [0.1, 0.15) is 30.0 Å². The van der Waals surface area contributed by atoms with Crippen molar-refractivity contribution < 1.29 is 59.3 Å². The summed E-state index contributed by atoms with van der Waals surface area (Å²) in [6.07, 6.45) is -5.93. The Hall–Kier alpha value is -4.92. The van der Waals surface area contributed by atoms with Crippen LogP contribution in [0.5, 0.6) is 5.75 Å². The van der Waals surface area contributed by atoms with Crippen molar-refractivity contribution in [2.45, 2.75) is 69.0 Å². The molecule has 60 heavy (non-hydrogen) atoms. The molecule has 2 amide bonds. The minimum atomic E-state index is -4.99. The third-order valence-corrected chi connectivity index (χ3v) is 11.8. The molecule has 7 rings (SSSR count). The first-order valence-corrected chi connectivity index (χ1v) is 19.5. The van der Waals surface area contributed by atoms with Crippen LogP contribution in [-0.4, -0.2) is 118 Å². The number of ether oxygens (including phenoxy) is 2. The van der Waals surface area contributed by atoms with Crippen LogP contribution in [-0.2, 0) is 33.2 Å². The number of piperidine rings is 1. The summed E-state index contributed by atoms with van der Waals surface area (Å²) >= 11 is 0. The number of hydrazine groups is 1. The molecule has 2 aromatic carbocycles. The number of nitrogens with zero attached hydrogens (tertiary/aromatic N) is 6. The van der Waals surface area contributed by atoms with Crippen LogP contribution in [0, 0.1) is 11.6 Å². The summed E-state index contributed by atoms with van der Waals surface area (Å²) in [5, 5.41) is 16.2. The smallest absolute Gasteiger partial charge is 0.433 e. The molecule has 3 aliphatic heterocycles. The van der Waals surface area contributed by atoms with Gasteiger partial charge in [0.05, 0.1) is 42.2 Å². The number of rotatable bonds is 10. The van der Waals surface area contributed by atoms with Crippen molar-refractivity contribution in [2.24, 2.45) is 0 Å². The molecule has 1 aromatic heterocycles. The number of amides is 2. The molecular formula is C40H43F8N7O5. The predicted octanol–water partition coefficient (Wildman–Crippen LogP) is 6.59. The Labute approximate surface area is 339 Å². The van der Waals surface area contributed by atoms with E-state index in [0.717, 1.165) is 63.3 Å². The van der Waals surface area contributed by atoms with Crippen LogP contribution in [0.15, 0.2) is 54.1 Å². The van der Waals surface area contributed by atoms with Crippen molar-refractivity contribution in [3.8, 4) is 17.0 Å². The number of aliphatic hydroxyl groups excluding tert-OH is 1. The number of aromatic nitrogens is 2. The standard InChI is InChI=1S/C40H43F8N7O5/c1-52-38(10-2-3-11-38)35(56)32(36(57)51-28-6-5-25(39(43,44)45)20-27(28)29-21-31(40(46,47)48)50-23-49-29)37(58)55(52)22-24-4-7-30(34(42)33(24)41)60-19-14-53-12-8-26(9-13-53)54-15-17-59-18-16-54/h4-7,20-21,23,26,56H,2-3,8-19,22H2,1H3,(H,51,57). The normalized spacial score (nSPS) is 20.0. The molecule has 4 aliphatic rings. The van der Waals surface area contributed by atoms with Crippen LogP contribution in [0.3, 0.4) is 0 Å². The van der Waals surface area contributed by atoms with Crippen molar-refractivity contribution >= 4 is 17.5 Å². The minimum Gasteiger partial charge on any atom is -0.509 e. The van der Waals surface area contributed by atoms with Gasteiger partial charge in [-0.2, -0.15) is 30.7 Å². The summed E-state index contributed by atoms with van der Waals surface area (Å²) in [5.74, 6) is -6.04. The van der Waals surface area contributed by atoms with Crippen molar-refractivity contribution in [1.82, 2.24) is 29.8 Å². The van der Waals surface area contributed by atoms with Crippen LogP contribution >= 0.6 is 0 Å². The van der Waals surface area contributed by atoms with E-state index in [1.54, 1.807) is 0 Å². The Morgan fingerprint density at radius 1 is 0.950 bits per heavy atom. The highest BCUT2D eigenvalue weighted by Crippen LogP contribution is 2.45. The summed E-state index contributed by atoms with van der Waals surface area (Å²) in [6.45, 7) is 4.92. The van der Waals surface area contributed by atoms with E-state index < -0.39 is 87.4 Å². The van der Waals surface area contributed by atoms with Crippen LogP contribution in [0.2, 0.25) is 0 Å². The average molecular weight is 854 g/mol. The van der Waals surface area contributed by atoms with Crippen molar-refractivity contribution in [3.63, 3.8) is 0 Å². The minimum absolute atomic E-state index is 0.0949. The molecule has 4 heterocycles. The second-order valence-electron chi connectivity index (χ2n) is 15.3. The Morgan fingerprint density at radius 3 is 2.32 bits per heavy atom. The summed E-state index contributed by atoms with van der Waals surface area (Å²) < 4.78 is 124. The number of carbonyl (C=O) groups is 2. The molecule has 0 radical (unpaired) electrons. The Morgan fingerprint density at radius 2 is 1.65 bits per heavy atom. The highest BCUT2D eigenvalue weighted by Gasteiger charge is 2.53. The van der Waals surface area contributed by atoms with Crippen molar-refractivity contribution in [2.75, 3.05) is 64.9 Å². The summed E-state index contributed by atoms with van der Waals surface area (Å²) in [5.41, 5.74) is -6.91. The Kier molecular flexibility index (Phi) is 12.4. The van der Waals surface area contributed by atoms with E-state index in [2.05, 4.69) is 25.1 Å². The first-order chi connectivity index (χ1) is 28.5. The van der Waals surface area contributed by atoms with Crippen LogP contribution in [0.1, 0.15) is 55.3 Å². The van der Waals surface area contributed by atoms with E-state index in [1.807, 2.05) is 0 Å². The molecule has 12 nitrogen and oxygen atoms in total. The molecule has 2 N–H and O–H groups in total. The molecule has 3 fully saturated rings. The zero-order valence-electron chi connectivity index (χ0n) is 32.5. The number of nitrogens with one attached hydrogen (secondary N) is 1. The molecule has 1 aliphatic carbocycles. The number of likely N-dealkylation sites (N-methyl/N-ethyl adjacent to an activating group) is 1. The van der Waals surface area contributed by atoms with Crippen LogP contribution < -0.4 is 10.1 Å². The number of likely N-dealkylation sites (tertiary alicyclic amines) is 1. The van der Waals surface area contributed by atoms with Gasteiger partial charge in [0.2, 0.25) is 5.82 Å². The maximum atomic E-state index is 15.7. The molecule has 3 aromatic rings. The zero-order chi connectivity index (χ0) is 43.0. The van der Waals surface area contributed by atoms with Gasteiger partial charge in [0.15, 0.2) is 11.6 Å². The lowest BCUT2D eigenvalue weighted by Gasteiger charge is -2.48. The molecule has 324 valence electrons. The van der Waals surface area contributed by atoms with E-state index in [-0.39, 0.29) is 30.8 Å². The topological polar surface area (TPSA) is 124 Å². The van der Waals surface area contributed by atoms with E-state index >= 15 is 8.78 Å². The first kappa shape index (κ1) is 43.2. The number of halogens is 8. The maximum absolute atomic E-state index is 15.7. The molecule has 0 atom stereocenters. The van der Waals surface area contributed by atoms with Crippen LogP contribution in [0.25, 0.3) is 11.3 Å². The zero-order valence-corrected chi connectivity index (χ0v) is 32.5. The molecule has 0 bridgehead atoms. The third-order valence-electron chi connectivity index (χ3n) is 11.8. The van der Waals surface area contributed by atoms with Gasteiger partial charge in [-0.15, -0.1) is 0 Å². The molecular weight excluding hydrogens is 810 g/mol. The summed E-state index contributed by atoms with van der Waals surface area (Å²) in [6, 6.07) is 5.19. The fraction of sp³-hybridized carbons (Fsp3) is 0.500. The lowest BCUT2D eigenvalue weighted by atomic mass is 9.88. The molecule has 1 saturated carbocycles. The molecule has 20 heteroatoms. The van der Waals surface area contributed by atoms with Gasteiger partial charge < -0.3 is 19.9 Å². The number of morpholine rings is 1. The Balaban J connectivity index is 1.09. The second kappa shape index (κ2) is 17.2. The number of hydrogen-bond donors (Lipinski definition) is 2. The van der Waals surface area contributed by atoms with Gasteiger partial charge in [0.25, 0.3) is 11.8 Å². The van der Waals surface area contributed by atoms with Gasteiger partial charge in [0, 0.05) is 43.9 Å². The predicted molar refractivity (Wildman–Crippen MR) is 199 cm³/mol. The fourth-order valence-electron chi connectivity index (χ4n) is 8.47. The summed E-state index contributed by atoms with van der Waals surface area (Å²) in [7, 11) is 1.45. The largest absolute Gasteiger partial charge is 0.509 e. The average Bonchev–Trinajstić information content (AvgIpc) is 3.73. The van der Waals surface area contributed by atoms with Crippen LogP contribution in [0.4, 0.5) is 40.8 Å². The van der Waals surface area contributed by atoms with E-state index in [0.29, 0.717) is 50.0 Å². The van der Waals surface area contributed by atoms with Crippen molar-refractivity contribution in [1.29, 1.82) is 0 Å². The fourth-order valence-corrected chi connectivity index (χ4v) is 8.47. The number of alkyl halides is 6. The Bertz CT molecular complexity index is 2110. The van der Waals surface area contributed by atoms with E-state index in [4.69, 9.17) is 9.47 Å². The number of anilines is 1. The van der Waals surface area contributed by atoms with Gasteiger partial charge >= 0.3 is 12.4 Å². The lowest BCUT2D eigenvalue weighted by molar-refractivity contribution is -0.163. The molecule has 1 spiro atoms. The quantitative estimate of drug-likeness (QED) is 0.171. The monoisotopic (exact) mass is 853 g/mol. The number of hydrogen-bond acceptors (Lipinski definition) is 10. The highest BCUT2D eigenvalue weighted by molar-refractivity contribution is 6.24. The van der Waals surface area contributed by atoms with Gasteiger partial charge in [-0.1, -0.05) is 18.9 Å². The van der Waals surface area contributed by atoms with E-state index in [1.165, 1.54) is 24.2 Å². The van der Waals surface area contributed by atoms with Gasteiger partial charge in [-0.3, -0.25) is 24.4 Å². The SMILES string of the molecule is CN1N(Cc2ccc(OCCN3CCC(N4CCOCC4)CC3)c(F)c2F)C(=O)C(C(=O)Nc2ccc(C(F)(F)F)cc2-c2cc(C(F)(F)F)ncn2)=C(O)C12CCCC2. The van der Waals surface area contributed by atoms with Crippen molar-refractivity contribution in [3.05, 3.63) is 82.5 Å². The second-order valence-corrected chi connectivity index (χ2v) is 15.3. The molecule has 0 unspecified atom stereocenters. The first-order valence-electron chi connectivity index (χ1n) is 19.5. The lowest BCUT2D eigenvalue weighted by Crippen LogP contribution is -2.62.